The van der Waals surface area contributed by atoms with E-state index in [1.54, 1.807) is 24.0 Å². The van der Waals surface area contributed by atoms with Crippen molar-refractivity contribution < 1.29 is 14.0 Å². The maximum Gasteiger partial charge on any atom is 0.242 e. The van der Waals surface area contributed by atoms with Crippen LogP contribution < -0.4 is 5.32 Å². The fraction of sp³-hybridized carbons (Fsp3) is 0.481. The van der Waals surface area contributed by atoms with E-state index in [2.05, 4.69) is 36.5 Å². The lowest BCUT2D eigenvalue weighted by Crippen LogP contribution is -2.50. The van der Waals surface area contributed by atoms with Gasteiger partial charge in [0.15, 0.2) is 0 Å². The average molecular weight is 439 g/mol. The van der Waals surface area contributed by atoms with Crippen LogP contribution in [0.3, 0.4) is 0 Å². The summed E-state index contributed by atoms with van der Waals surface area (Å²) in [5, 5.41) is 3.14. The Labute approximate surface area is 191 Å². The maximum absolute atomic E-state index is 13.3. The Balaban J connectivity index is 1.68. The number of nitrogens with one attached hydrogen (secondary N) is 1. The van der Waals surface area contributed by atoms with Crippen molar-refractivity contribution in [3.8, 4) is 0 Å². The predicted octanol–water partition coefficient (Wildman–Crippen LogP) is 5.19. The zero-order valence-corrected chi connectivity index (χ0v) is 19.3. The number of nitrogens with zero attached hydrogens (tertiary/aromatic N) is 1. The normalized spacial score (nSPS) is 15.2. The molecule has 0 radical (unpaired) electrons. The molecular formula is C27H35FN2O2. The molecule has 1 fully saturated rings. The Morgan fingerprint density at radius 3 is 2.19 bits per heavy atom. The van der Waals surface area contributed by atoms with Crippen molar-refractivity contribution in [2.45, 2.75) is 83.8 Å². The SMILES string of the molecule is CCc1ccc(CCC(=O)N(Cc2ccc(F)cc2)[C@@H](C)C(=O)NC2CCCCC2)cc1. The Bertz CT molecular complexity index is 874. The lowest BCUT2D eigenvalue weighted by molar-refractivity contribution is -0.141. The highest BCUT2D eigenvalue weighted by Crippen LogP contribution is 2.19. The summed E-state index contributed by atoms with van der Waals surface area (Å²) in [6.07, 6.45) is 7.42. The van der Waals surface area contributed by atoms with E-state index in [1.807, 2.05) is 0 Å². The maximum atomic E-state index is 13.3. The molecule has 0 saturated heterocycles. The molecule has 5 heteroatoms. The summed E-state index contributed by atoms with van der Waals surface area (Å²) >= 11 is 0. The van der Waals surface area contributed by atoms with Crippen LogP contribution in [0.1, 0.15) is 69.1 Å². The number of aryl methyl sites for hydroxylation is 2. The van der Waals surface area contributed by atoms with Gasteiger partial charge in [0.1, 0.15) is 11.9 Å². The number of benzene rings is 2. The van der Waals surface area contributed by atoms with Crippen LogP contribution in [-0.4, -0.2) is 28.8 Å². The van der Waals surface area contributed by atoms with Gasteiger partial charge >= 0.3 is 0 Å². The monoisotopic (exact) mass is 438 g/mol. The molecule has 1 saturated carbocycles. The first-order valence-corrected chi connectivity index (χ1v) is 11.9. The van der Waals surface area contributed by atoms with Crippen molar-refractivity contribution in [1.82, 2.24) is 10.2 Å². The molecule has 32 heavy (non-hydrogen) atoms. The lowest BCUT2D eigenvalue weighted by Gasteiger charge is -2.31. The number of amides is 2. The van der Waals surface area contributed by atoms with Gasteiger partial charge in [-0.1, -0.05) is 62.6 Å². The minimum absolute atomic E-state index is 0.0693. The van der Waals surface area contributed by atoms with Crippen molar-refractivity contribution in [1.29, 1.82) is 0 Å². The summed E-state index contributed by atoms with van der Waals surface area (Å²) in [7, 11) is 0. The van der Waals surface area contributed by atoms with E-state index < -0.39 is 6.04 Å². The molecule has 0 aliphatic heterocycles. The third-order valence-corrected chi connectivity index (χ3v) is 6.44. The van der Waals surface area contributed by atoms with Crippen molar-refractivity contribution in [2.75, 3.05) is 0 Å². The third kappa shape index (κ3) is 6.91. The third-order valence-electron chi connectivity index (χ3n) is 6.44. The van der Waals surface area contributed by atoms with Crippen molar-refractivity contribution >= 4 is 11.8 Å². The first-order chi connectivity index (χ1) is 15.5. The Kier molecular flexibility index (Phi) is 8.83. The van der Waals surface area contributed by atoms with Gasteiger partial charge in [0.05, 0.1) is 0 Å². The smallest absolute Gasteiger partial charge is 0.242 e. The largest absolute Gasteiger partial charge is 0.352 e. The van der Waals surface area contributed by atoms with E-state index in [-0.39, 0.29) is 30.2 Å². The molecule has 2 amide bonds. The van der Waals surface area contributed by atoms with E-state index in [0.717, 1.165) is 43.2 Å². The molecule has 2 aromatic rings. The Morgan fingerprint density at radius 1 is 0.969 bits per heavy atom. The molecule has 2 aromatic carbocycles. The van der Waals surface area contributed by atoms with Gasteiger partial charge < -0.3 is 10.2 Å². The van der Waals surface area contributed by atoms with E-state index >= 15 is 0 Å². The second kappa shape index (κ2) is 11.8. The van der Waals surface area contributed by atoms with Crippen LogP contribution in [-0.2, 0) is 29.0 Å². The van der Waals surface area contributed by atoms with E-state index in [9.17, 15) is 14.0 Å². The Morgan fingerprint density at radius 2 is 1.56 bits per heavy atom. The van der Waals surface area contributed by atoms with E-state index in [0.29, 0.717) is 12.8 Å². The van der Waals surface area contributed by atoms with Crippen molar-refractivity contribution in [3.05, 3.63) is 71.0 Å². The summed E-state index contributed by atoms with van der Waals surface area (Å²) in [6, 6.07) is 14.0. The highest BCUT2D eigenvalue weighted by atomic mass is 19.1. The number of hydrogen-bond donors (Lipinski definition) is 1. The zero-order chi connectivity index (χ0) is 22.9. The molecule has 172 valence electrons. The van der Waals surface area contributed by atoms with Gasteiger partial charge in [-0.25, -0.2) is 4.39 Å². The number of carbonyl (C=O) groups excluding carboxylic acids is 2. The quantitative estimate of drug-likeness (QED) is 0.586. The first-order valence-electron chi connectivity index (χ1n) is 11.9. The standard InChI is InChI=1S/C27H35FN2O2/c1-3-21-9-11-22(12-10-21)15-18-26(31)30(19-23-13-16-24(28)17-14-23)20(2)27(32)29-25-7-5-4-6-8-25/h9-14,16-17,20,25H,3-8,15,18-19H2,1-2H3,(H,29,32)/t20-/m0/s1. The van der Waals surface area contributed by atoms with Gasteiger partial charge in [-0.2, -0.15) is 0 Å². The van der Waals surface area contributed by atoms with Gasteiger partial charge in [-0.05, 0) is 61.4 Å². The van der Waals surface area contributed by atoms with Crippen LogP contribution in [0.2, 0.25) is 0 Å². The topological polar surface area (TPSA) is 49.4 Å². The molecule has 0 unspecified atom stereocenters. The van der Waals surface area contributed by atoms with Crippen molar-refractivity contribution in [2.24, 2.45) is 0 Å². The highest BCUT2D eigenvalue weighted by molar-refractivity contribution is 5.87. The molecule has 0 heterocycles. The van der Waals surface area contributed by atoms with Gasteiger partial charge in [-0.15, -0.1) is 0 Å². The molecule has 1 N–H and O–H groups in total. The van der Waals surface area contributed by atoms with Crippen LogP contribution in [0.15, 0.2) is 48.5 Å². The van der Waals surface area contributed by atoms with Crippen LogP contribution in [0.5, 0.6) is 0 Å². The number of rotatable bonds is 9. The summed E-state index contributed by atoms with van der Waals surface area (Å²) in [4.78, 5) is 27.8. The van der Waals surface area contributed by atoms with Crippen molar-refractivity contribution in [3.63, 3.8) is 0 Å². The van der Waals surface area contributed by atoms with Crippen LogP contribution in [0, 0.1) is 5.82 Å². The molecule has 1 atom stereocenters. The molecule has 4 nitrogen and oxygen atoms in total. The number of carbonyl (C=O) groups is 2. The van der Waals surface area contributed by atoms with Gasteiger partial charge in [0, 0.05) is 19.0 Å². The average Bonchev–Trinajstić information content (AvgIpc) is 2.82. The Hall–Kier alpha value is -2.69. The van der Waals surface area contributed by atoms with Crippen LogP contribution in [0.25, 0.3) is 0 Å². The first kappa shape index (κ1) is 24.0. The molecule has 1 aliphatic rings. The predicted molar refractivity (Wildman–Crippen MR) is 126 cm³/mol. The summed E-state index contributed by atoms with van der Waals surface area (Å²) < 4.78 is 13.3. The molecule has 3 rings (SSSR count). The van der Waals surface area contributed by atoms with Gasteiger partial charge in [0.25, 0.3) is 0 Å². The second-order valence-corrected chi connectivity index (χ2v) is 8.84. The minimum Gasteiger partial charge on any atom is -0.352 e. The molecular weight excluding hydrogens is 403 g/mol. The fourth-order valence-corrected chi connectivity index (χ4v) is 4.27. The van der Waals surface area contributed by atoms with E-state index in [4.69, 9.17) is 0 Å². The van der Waals surface area contributed by atoms with Gasteiger partial charge in [0.2, 0.25) is 11.8 Å². The molecule has 1 aliphatic carbocycles. The van der Waals surface area contributed by atoms with Crippen LogP contribution >= 0.6 is 0 Å². The molecule has 0 bridgehead atoms. The fourth-order valence-electron chi connectivity index (χ4n) is 4.27. The van der Waals surface area contributed by atoms with Crippen LogP contribution in [0.4, 0.5) is 4.39 Å². The minimum atomic E-state index is -0.586. The summed E-state index contributed by atoms with van der Waals surface area (Å²) in [5.74, 6) is -0.495. The number of hydrogen-bond acceptors (Lipinski definition) is 2. The van der Waals surface area contributed by atoms with Gasteiger partial charge in [-0.3, -0.25) is 9.59 Å². The lowest BCUT2D eigenvalue weighted by atomic mass is 9.95. The summed E-state index contributed by atoms with van der Waals surface area (Å²) in [6.45, 7) is 4.19. The molecule has 0 spiro atoms. The van der Waals surface area contributed by atoms with E-state index in [1.165, 1.54) is 24.1 Å². The number of halogens is 1. The molecule has 0 aromatic heterocycles. The highest BCUT2D eigenvalue weighted by Gasteiger charge is 2.27. The summed E-state index contributed by atoms with van der Waals surface area (Å²) in [5.41, 5.74) is 3.19. The second-order valence-electron chi connectivity index (χ2n) is 8.84. The zero-order valence-electron chi connectivity index (χ0n) is 19.3.